The molecule has 7 atom stereocenters. The summed E-state index contributed by atoms with van der Waals surface area (Å²) in [5.74, 6) is -4.35. The molecule has 0 aliphatic carbocycles. The van der Waals surface area contributed by atoms with E-state index in [0.717, 1.165) is 50.7 Å². The summed E-state index contributed by atoms with van der Waals surface area (Å²) >= 11 is 2.46. The highest BCUT2D eigenvalue weighted by molar-refractivity contribution is 7.52. The zero-order chi connectivity index (χ0) is 65.6. The van der Waals surface area contributed by atoms with Crippen molar-refractivity contribution in [2.24, 2.45) is 10.8 Å². The van der Waals surface area contributed by atoms with E-state index in [2.05, 4.69) is 26.3 Å². The number of carbonyl (C=O) groups is 8. The van der Waals surface area contributed by atoms with Crippen molar-refractivity contribution in [1.82, 2.24) is 45.9 Å². The summed E-state index contributed by atoms with van der Waals surface area (Å²) in [6.45, 7) is 14.4. The molecule has 3 aliphatic rings. The van der Waals surface area contributed by atoms with Crippen molar-refractivity contribution in [3.05, 3.63) is 112 Å². The molecule has 3 aromatic carbocycles. The number of rotatable bonds is 21. The zero-order valence-electron chi connectivity index (χ0n) is 51.7. The molecule has 8 rings (SSSR count). The summed E-state index contributed by atoms with van der Waals surface area (Å²) in [5, 5.41) is 22.3. The predicted molar refractivity (Wildman–Crippen MR) is 335 cm³/mol. The molecule has 3 aliphatic heterocycles. The number of thiophene rings is 1. The lowest BCUT2D eigenvalue weighted by Crippen LogP contribution is -2.66. The fraction of sp³-hybridized carbons (Fsp3) is 0.508. The van der Waals surface area contributed by atoms with Gasteiger partial charge in [0.05, 0.1) is 52.8 Å². The van der Waals surface area contributed by atoms with E-state index >= 15 is 0 Å². The van der Waals surface area contributed by atoms with Crippen LogP contribution in [0.15, 0.2) is 84.4 Å². The van der Waals surface area contributed by atoms with Crippen LogP contribution < -0.4 is 21.3 Å². The fourth-order valence-corrected chi connectivity index (χ4v) is 13.6. The normalized spacial score (nSPS) is 19.4. The first-order valence-corrected chi connectivity index (χ1v) is 33.3. The van der Waals surface area contributed by atoms with Gasteiger partial charge in [-0.3, -0.25) is 42.9 Å². The van der Waals surface area contributed by atoms with Crippen LogP contribution in [-0.2, 0) is 48.5 Å². The molecular formula is C63H80F2N9O13PS2. The van der Waals surface area contributed by atoms with Crippen molar-refractivity contribution in [2.75, 3.05) is 52.4 Å². The number of β-amino-alcohol motifs (C(OH)–C–C–N with tert-alkyl or cyclic N) is 1. The fourth-order valence-electron chi connectivity index (χ4n) is 11.3. The highest BCUT2D eigenvalue weighted by Gasteiger charge is 2.51. The number of halogens is 2. The van der Waals surface area contributed by atoms with E-state index in [1.807, 2.05) is 68.4 Å². The largest absolute Gasteiger partial charge is 0.399 e. The van der Waals surface area contributed by atoms with Crippen molar-refractivity contribution in [1.29, 1.82) is 0 Å². The number of ether oxygens (including phenoxy) is 1. The van der Waals surface area contributed by atoms with Gasteiger partial charge in [0, 0.05) is 55.8 Å². The van der Waals surface area contributed by atoms with Gasteiger partial charge in [-0.05, 0) is 77.8 Å². The summed E-state index contributed by atoms with van der Waals surface area (Å²) in [6, 6.07) is 16.4. The Morgan fingerprint density at radius 3 is 2.10 bits per heavy atom. The van der Waals surface area contributed by atoms with Crippen LogP contribution in [0.1, 0.15) is 131 Å². The van der Waals surface area contributed by atoms with Gasteiger partial charge in [-0.25, -0.2) is 4.98 Å². The van der Waals surface area contributed by atoms with Gasteiger partial charge in [-0.15, -0.1) is 22.7 Å². The number of aromatic nitrogens is 1. The molecule has 22 nitrogen and oxygen atoms in total. The van der Waals surface area contributed by atoms with E-state index in [9.17, 15) is 66.6 Å². The van der Waals surface area contributed by atoms with Gasteiger partial charge in [0.2, 0.25) is 41.4 Å². The van der Waals surface area contributed by atoms with E-state index < -0.39 is 126 Å². The van der Waals surface area contributed by atoms with Gasteiger partial charge >= 0.3 is 13.3 Å². The molecule has 0 bridgehead atoms. The minimum atomic E-state index is -5.88. The lowest BCUT2D eigenvalue weighted by molar-refractivity contribution is -0.158. The molecule has 3 fully saturated rings. The van der Waals surface area contributed by atoms with Gasteiger partial charge in [-0.2, -0.15) is 8.78 Å². The maximum Gasteiger partial charge on any atom is 0.399 e. The minimum absolute atomic E-state index is 0.0134. The Labute approximate surface area is 529 Å². The summed E-state index contributed by atoms with van der Waals surface area (Å²) in [5.41, 5.74) is -1.77. The van der Waals surface area contributed by atoms with Crippen LogP contribution in [0.25, 0.3) is 20.5 Å². The number of nitrogens with one attached hydrogen (secondary N) is 4. The number of piperazine rings is 1. The summed E-state index contributed by atoms with van der Waals surface area (Å²) < 4.78 is 47.3. The van der Waals surface area contributed by atoms with Crippen molar-refractivity contribution in [3.63, 3.8) is 0 Å². The van der Waals surface area contributed by atoms with Crippen molar-refractivity contribution < 1.29 is 71.3 Å². The summed E-state index contributed by atoms with van der Waals surface area (Å²) in [4.78, 5) is 142. The molecule has 8 amide bonds. The number of likely N-dealkylation sites (tertiary alicyclic amines) is 1. The van der Waals surface area contributed by atoms with Crippen molar-refractivity contribution >= 4 is 87.6 Å². The van der Waals surface area contributed by atoms with Gasteiger partial charge in [-0.1, -0.05) is 109 Å². The number of amides is 8. The lowest BCUT2D eigenvalue weighted by atomic mass is 9.85. The molecule has 3 saturated heterocycles. The summed E-state index contributed by atoms with van der Waals surface area (Å²) in [7, 11) is -5.88. The number of thiazole rings is 1. The second-order valence-electron chi connectivity index (χ2n) is 25.4. The number of hydrogen-bond donors (Lipinski definition) is 7. The van der Waals surface area contributed by atoms with E-state index in [4.69, 9.17) is 4.74 Å². The highest BCUT2D eigenvalue weighted by Crippen LogP contribution is 2.59. The number of fused-ring (bicyclic) bond motifs is 1. The number of hydrogen-bond acceptors (Lipinski definition) is 14. The standard InChI is InChI=1S/C63H80F2N9O13PS2/c1-37(39-18-20-41(21-19-39)53-38(2)67-36-89-53)68-56(79)45-31-44(75)33-74(45)60(83)54(61(3,4)5)69-50(76)17-13-10-14-24-66-51(77)32-52(78)71-25-26-73(46(34-71)58(81)72-27-28-87-47(35-72)40-15-11-9-12-16-40)59(82)55(62(6,7)8)70-57(80)49-30-42-29-43(22-23-48(42)90-49)63(64,65)88(84,85)86/h9,11-12,15-16,18-23,29-30,36-37,44-47,54-55,75H,10,13-14,17,24-28,31-35H2,1-8H3,(H,66,77)(H,68,79)(H,69,76)(H,70,80)(H2,84,85,86)/t37-,44+,45-,46?,47?,54?,55?/m0/s1. The summed E-state index contributed by atoms with van der Waals surface area (Å²) in [6.07, 6.45) is -0.579. The number of nitrogens with zero attached hydrogens (tertiary/aromatic N) is 5. The molecule has 5 heterocycles. The Balaban J connectivity index is 0.842. The second kappa shape index (κ2) is 28.6. The molecule has 5 aromatic rings. The molecule has 90 heavy (non-hydrogen) atoms. The topological polar surface area (TPSA) is 298 Å². The van der Waals surface area contributed by atoms with Crippen LogP contribution in [0.3, 0.4) is 0 Å². The van der Waals surface area contributed by atoms with E-state index in [-0.39, 0.29) is 75.5 Å². The number of morpholine rings is 1. The average Bonchev–Trinajstić information content (AvgIpc) is 1.36. The zero-order valence-corrected chi connectivity index (χ0v) is 54.2. The van der Waals surface area contributed by atoms with E-state index in [1.165, 1.54) is 26.8 Å². The van der Waals surface area contributed by atoms with Crippen LogP contribution in [0, 0.1) is 17.8 Å². The lowest BCUT2D eigenvalue weighted by Gasteiger charge is -2.45. The number of aliphatic hydroxyl groups excluding tert-OH is 1. The molecule has 486 valence electrons. The molecule has 2 aromatic heterocycles. The van der Waals surface area contributed by atoms with Crippen LogP contribution in [0.5, 0.6) is 0 Å². The van der Waals surface area contributed by atoms with Crippen LogP contribution in [0.4, 0.5) is 8.78 Å². The molecule has 0 saturated carbocycles. The number of unbranched alkanes of at least 4 members (excludes halogenated alkanes) is 2. The van der Waals surface area contributed by atoms with E-state index in [0.29, 0.717) is 24.0 Å². The van der Waals surface area contributed by atoms with Crippen molar-refractivity contribution in [2.45, 2.75) is 142 Å². The first-order chi connectivity index (χ1) is 42.3. The van der Waals surface area contributed by atoms with Crippen LogP contribution in [-0.4, -0.2) is 169 Å². The number of aryl methyl sites for hydroxylation is 1. The minimum Gasteiger partial charge on any atom is -0.391 e. The first-order valence-electron chi connectivity index (χ1n) is 30.0. The molecule has 27 heteroatoms. The molecule has 4 unspecified atom stereocenters. The van der Waals surface area contributed by atoms with E-state index in [1.54, 1.807) is 63.3 Å². The Morgan fingerprint density at radius 2 is 1.44 bits per heavy atom. The Morgan fingerprint density at radius 1 is 0.767 bits per heavy atom. The third kappa shape index (κ3) is 16.5. The van der Waals surface area contributed by atoms with Crippen LogP contribution in [0.2, 0.25) is 0 Å². The average molecular weight is 1300 g/mol. The predicted octanol–water partition coefficient (Wildman–Crippen LogP) is 6.78. The van der Waals surface area contributed by atoms with Gasteiger partial charge < -0.3 is 60.5 Å². The number of carbonyl (C=O) groups excluding carboxylic acids is 8. The molecular weight excluding hydrogens is 1220 g/mol. The van der Waals surface area contributed by atoms with Crippen molar-refractivity contribution in [3.8, 4) is 10.4 Å². The maximum atomic E-state index is 14.9. The Bertz CT molecular complexity index is 3500. The molecule has 7 N–H and O–H groups in total. The smallest absolute Gasteiger partial charge is 0.391 e. The number of aliphatic hydroxyl groups is 1. The second-order valence-corrected chi connectivity index (χ2v) is 29.0. The highest BCUT2D eigenvalue weighted by atomic mass is 32.1. The third-order valence-electron chi connectivity index (χ3n) is 16.5. The van der Waals surface area contributed by atoms with Crippen LogP contribution >= 0.6 is 30.3 Å². The molecule has 0 spiro atoms. The number of benzene rings is 3. The maximum absolute atomic E-state index is 14.9. The molecule has 0 radical (unpaired) electrons. The van der Waals surface area contributed by atoms with Gasteiger partial charge in [0.1, 0.15) is 36.7 Å². The quantitative estimate of drug-likeness (QED) is 0.0226. The first kappa shape index (κ1) is 68.8. The Hall–Kier alpha value is -7.06. The monoisotopic (exact) mass is 1300 g/mol. The number of alkyl halides is 2. The SMILES string of the molecule is Cc1ncsc1-c1ccc([C@H](C)NC(=O)[C@@H]2C[C@@H](O)CN2C(=O)C(NC(=O)CCCCCNC(=O)CC(=O)N2CCN(C(=O)C(NC(=O)c3cc4cc(C(F)(F)P(=O)(O)O)ccc4s3)C(C)(C)C)C(C(=O)N3CCOC(c4ccccc4)C3)C2)C(C)(C)C)cc1. The third-order valence-corrected chi connectivity index (χ3v) is 19.5. The van der Waals surface area contributed by atoms with Gasteiger partial charge in [0.25, 0.3) is 5.91 Å². The van der Waals surface area contributed by atoms with Gasteiger partial charge in [0.15, 0.2) is 0 Å². The Kier molecular flexibility index (Phi) is 21.9.